The Morgan fingerprint density at radius 1 is 1.21 bits per heavy atom. The highest BCUT2D eigenvalue weighted by Gasteiger charge is 1.96. The summed E-state index contributed by atoms with van der Waals surface area (Å²) in [6.45, 7) is 0. The minimum absolute atomic E-state index is 0.573. The monoisotopic (exact) mass is 199 g/mol. The molecule has 0 spiro atoms. The molecule has 1 heterocycles. The molecule has 68 valence electrons. The number of pyridine rings is 1. The topological polar surface area (TPSA) is 12.9 Å². The maximum atomic E-state index is 4.31. The van der Waals surface area contributed by atoms with E-state index in [9.17, 15) is 0 Å². The van der Waals surface area contributed by atoms with Gasteiger partial charge in [-0.2, -0.15) is 12.6 Å². The molecule has 1 aromatic heterocycles. The molecule has 2 heteroatoms. The van der Waals surface area contributed by atoms with Crippen LogP contribution in [0.3, 0.4) is 0 Å². The first-order chi connectivity index (χ1) is 6.92. The van der Waals surface area contributed by atoms with Gasteiger partial charge < -0.3 is 0 Å². The van der Waals surface area contributed by atoms with Crippen molar-refractivity contribution in [2.24, 2.45) is 0 Å². The van der Waals surface area contributed by atoms with Crippen LogP contribution in [0.4, 0.5) is 0 Å². The van der Waals surface area contributed by atoms with Crippen LogP contribution in [0.25, 0.3) is 10.9 Å². The molecule has 1 aromatic carbocycles. The Kier molecular flexibility index (Phi) is 2.71. The molecule has 0 fully saturated rings. The number of hydrogen-bond acceptors (Lipinski definition) is 2. The molecule has 2 rings (SSSR count). The molecule has 0 aliphatic heterocycles. The van der Waals surface area contributed by atoms with Crippen LogP contribution in [0.1, 0.15) is 5.56 Å². The number of benzene rings is 1. The molecule has 0 aliphatic rings. The molecule has 14 heavy (non-hydrogen) atoms. The number of para-hydroxylation sites is 1. The third-order valence-corrected chi connectivity index (χ3v) is 2.09. The summed E-state index contributed by atoms with van der Waals surface area (Å²) in [5.41, 5.74) is 1.93. The fourth-order valence-corrected chi connectivity index (χ4v) is 1.42. The van der Waals surface area contributed by atoms with Crippen LogP contribution >= 0.6 is 12.6 Å². The summed E-state index contributed by atoms with van der Waals surface area (Å²) < 4.78 is 0. The van der Waals surface area contributed by atoms with E-state index in [1.165, 1.54) is 0 Å². The van der Waals surface area contributed by atoms with Crippen molar-refractivity contribution in [3.63, 3.8) is 0 Å². The Morgan fingerprint density at radius 2 is 2.07 bits per heavy atom. The Bertz CT molecular complexity index is 503. The molecule has 0 aliphatic carbocycles. The van der Waals surface area contributed by atoms with Crippen LogP contribution in [0.2, 0.25) is 0 Å². The van der Waals surface area contributed by atoms with Crippen molar-refractivity contribution in [2.75, 3.05) is 5.75 Å². The summed E-state index contributed by atoms with van der Waals surface area (Å²) in [5, 5.41) is 1.12. The second-order valence-electron chi connectivity index (χ2n) is 2.84. The summed E-state index contributed by atoms with van der Waals surface area (Å²) in [6, 6.07) is 9.97. The zero-order valence-electron chi connectivity index (χ0n) is 7.57. The second-order valence-corrected chi connectivity index (χ2v) is 3.16. The van der Waals surface area contributed by atoms with E-state index >= 15 is 0 Å². The van der Waals surface area contributed by atoms with Gasteiger partial charge in [-0.3, -0.25) is 4.98 Å². The minimum atomic E-state index is 0.573. The molecule has 0 amide bonds. The summed E-state index contributed by atoms with van der Waals surface area (Å²) in [7, 11) is 0. The van der Waals surface area contributed by atoms with Crippen molar-refractivity contribution in [1.29, 1.82) is 0 Å². The average Bonchev–Trinajstić information content (AvgIpc) is 2.26. The van der Waals surface area contributed by atoms with E-state index in [-0.39, 0.29) is 0 Å². The van der Waals surface area contributed by atoms with Gasteiger partial charge in [0.1, 0.15) is 0 Å². The van der Waals surface area contributed by atoms with E-state index in [2.05, 4.69) is 29.5 Å². The summed E-state index contributed by atoms with van der Waals surface area (Å²) >= 11 is 4.05. The zero-order valence-corrected chi connectivity index (χ0v) is 8.46. The standard InChI is InChI=1S/C12H9NS/c14-9-3-7-11-5-1-4-10-6-2-8-13-12(10)11/h1-2,4-6,8,14H,9H2. The van der Waals surface area contributed by atoms with Gasteiger partial charge >= 0.3 is 0 Å². The van der Waals surface area contributed by atoms with Gasteiger partial charge in [0.15, 0.2) is 0 Å². The Morgan fingerprint density at radius 3 is 2.93 bits per heavy atom. The fraction of sp³-hybridized carbons (Fsp3) is 0.0833. The number of aromatic nitrogens is 1. The molecule has 0 atom stereocenters. The second kappa shape index (κ2) is 4.17. The van der Waals surface area contributed by atoms with Gasteiger partial charge in [-0.25, -0.2) is 0 Å². The predicted molar refractivity (Wildman–Crippen MR) is 62.5 cm³/mol. The maximum absolute atomic E-state index is 4.31. The Hall–Kier alpha value is -1.46. The minimum Gasteiger partial charge on any atom is -0.255 e. The van der Waals surface area contributed by atoms with E-state index in [4.69, 9.17) is 0 Å². The van der Waals surface area contributed by atoms with Crippen LogP contribution in [-0.4, -0.2) is 10.7 Å². The zero-order chi connectivity index (χ0) is 9.80. The first kappa shape index (κ1) is 9.11. The molecule has 0 bridgehead atoms. The van der Waals surface area contributed by atoms with Crippen molar-refractivity contribution in [3.05, 3.63) is 42.1 Å². The van der Waals surface area contributed by atoms with Gasteiger partial charge in [-0.05, 0) is 12.1 Å². The lowest BCUT2D eigenvalue weighted by atomic mass is 10.1. The normalized spacial score (nSPS) is 9.50. The molecular formula is C12H9NS. The largest absolute Gasteiger partial charge is 0.255 e. The van der Waals surface area contributed by atoms with Crippen LogP contribution in [-0.2, 0) is 0 Å². The highest BCUT2D eigenvalue weighted by Crippen LogP contribution is 2.14. The van der Waals surface area contributed by atoms with Crippen molar-refractivity contribution in [3.8, 4) is 11.8 Å². The van der Waals surface area contributed by atoms with Gasteiger partial charge in [0.25, 0.3) is 0 Å². The molecular weight excluding hydrogens is 190 g/mol. The van der Waals surface area contributed by atoms with Gasteiger partial charge in [0.2, 0.25) is 0 Å². The average molecular weight is 199 g/mol. The van der Waals surface area contributed by atoms with Gasteiger partial charge in [0.05, 0.1) is 16.8 Å². The molecule has 0 unspecified atom stereocenters. The van der Waals surface area contributed by atoms with E-state index in [0.717, 1.165) is 16.5 Å². The van der Waals surface area contributed by atoms with E-state index in [1.807, 2.05) is 30.3 Å². The van der Waals surface area contributed by atoms with E-state index in [1.54, 1.807) is 6.20 Å². The highest BCUT2D eigenvalue weighted by atomic mass is 32.1. The summed E-state index contributed by atoms with van der Waals surface area (Å²) in [5.74, 6) is 6.55. The van der Waals surface area contributed by atoms with Crippen molar-refractivity contribution < 1.29 is 0 Å². The van der Waals surface area contributed by atoms with E-state index in [0.29, 0.717) is 5.75 Å². The highest BCUT2D eigenvalue weighted by molar-refractivity contribution is 7.80. The maximum Gasteiger partial charge on any atom is 0.0858 e. The predicted octanol–water partition coefficient (Wildman–Crippen LogP) is 2.52. The van der Waals surface area contributed by atoms with E-state index < -0.39 is 0 Å². The SMILES string of the molecule is SCC#Cc1cccc2cccnc12. The van der Waals surface area contributed by atoms with Crippen LogP contribution in [0.15, 0.2) is 36.5 Å². The molecule has 1 nitrogen and oxygen atoms in total. The molecule has 2 aromatic rings. The number of nitrogens with zero attached hydrogens (tertiary/aromatic N) is 1. The third-order valence-electron chi connectivity index (χ3n) is 1.93. The van der Waals surface area contributed by atoms with Crippen molar-refractivity contribution in [1.82, 2.24) is 4.98 Å². The lowest BCUT2D eigenvalue weighted by molar-refractivity contribution is 1.40. The lowest BCUT2D eigenvalue weighted by Gasteiger charge is -1.97. The Balaban J connectivity index is 2.65. The third kappa shape index (κ3) is 1.73. The molecule has 0 saturated carbocycles. The van der Waals surface area contributed by atoms with Crippen molar-refractivity contribution >= 4 is 23.5 Å². The Labute approximate surface area is 88.6 Å². The van der Waals surface area contributed by atoms with Gasteiger partial charge in [0, 0.05) is 11.6 Å². The molecule has 0 N–H and O–H groups in total. The quantitative estimate of drug-likeness (QED) is 0.508. The smallest absolute Gasteiger partial charge is 0.0858 e. The number of hydrogen-bond donors (Lipinski definition) is 1. The lowest BCUT2D eigenvalue weighted by Crippen LogP contribution is -1.82. The van der Waals surface area contributed by atoms with Crippen LogP contribution < -0.4 is 0 Å². The summed E-state index contributed by atoms with van der Waals surface area (Å²) in [4.78, 5) is 4.31. The first-order valence-electron chi connectivity index (χ1n) is 4.35. The first-order valence-corrected chi connectivity index (χ1v) is 4.98. The van der Waals surface area contributed by atoms with Gasteiger partial charge in [-0.1, -0.05) is 30.0 Å². The number of rotatable bonds is 0. The van der Waals surface area contributed by atoms with Crippen molar-refractivity contribution in [2.45, 2.75) is 0 Å². The molecule has 0 saturated heterocycles. The van der Waals surface area contributed by atoms with Gasteiger partial charge in [-0.15, -0.1) is 0 Å². The van der Waals surface area contributed by atoms with Crippen LogP contribution in [0.5, 0.6) is 0 Å². The fourth-order valence-electron chi connectivity index (χ4n) is 1.34. The number of fused-ring (bicyclic) bond motifs is 1. The summed E-state index contributed by atoms with van der Waals surface area (Å²) in [6.07, 6.45) is 1.79. The molecule has 0 radical (unpaired) electrons. The van der Waals surface area contributed by atoms with Crippen LogP contribution in [0, 0.1) is 11.8 Å². The number of thiol groups is 1.